The summed E-state index contributed by atoms with van der Waals surface area (Å²) in [4.78, 5) is 2.37. The minimum Gasteiger partial charge on any atom is -0.455 e. The molecule has 0 spiro atoms. The largest absolute Gasteiger partial charge is 0.455 e. The predicted octanol–water partition coefficient (Wildman–Crippen LogP) is 14.6. The average molecular weight is 703 g/mol. The number of benzene rings is 9. The van der Waals surface area contributed by atoms with Crippen molar-refractivity contribution in [2.45, 2.75) is 0 Å². The molecule has 55 heavy (non-hydrogen) atoms. The molecule has 3 heteroatoms. The molecule has 0 saturated carbocycles. The van der Waals surface area contributed by atoms with Crippen LogP contribution in [0.3, 0.4) is 0 Å². The Kier molecular flexibility index (Phi) is 7.17. The van der Waals surface area contributed by atoms with Crippen molar-refractivity contribution in [1.82, 2.24) is 4.57 Å². The molecule has 0 saturated heterocycles. The fraction of sp³-hybridized carbons (Fsp3) is 0. The van der Waals surface area contributed by atoms with E-state index in [1.54, 1.807) is 0 Å². The molecule has 2 aromatic heterocycles. The van der Waals surface area contributed by atoms with Crippen LogP contribution in [0, 0.1) is 0 Å². The fourth-order valence-electron chi connectivity index (χ4n) is 8.41. The monoisotopic (exact) mass is 702 g/mol. The molecule has 0 amide bonds. The van der Waals surface area contributed by atoms with Crippen molar-refractivity contribution in [2.24, 2.45) is 0 Å². The molecule has 0 N–H and O–H groups in total. The minimum atomic E-state index is 0.885. The third kappa shape index (κ3) is 5.13. The Hall–Kier alpha value is -7.36. The summed E-state index contributed by atoms with van der Waals surface area (Å²) >= 11 is 0. The number of fused-ring (bicyclic) bond motifs is 7. The van der Waals surface area contributed by atoms with Crippen LogP contribution < -0.4 is 4.90 Å². The van der Waals surface area contributed by atoms with Crippen LogP contribution in [0.1, 0.15) is 0 Å². The highest BCUT2D eigenvalue weighted by atomic mass is 16.3. The molecule has 0 aliphatic heterocycles. The van der Waals surface area contributed by atoms with Gasteiger partial charge in [0.1, 0.15) is 11.2 Å². The molecular formula is C52H34N2O. The van der Waals surface area contributed by atoms with E-state index in [1.807, 2.05) is 6.07 Å². The van der Waals surface area contributed by atoms with Crippen LogP contribution in [-0.2, 0) is 0 Å². The number of aromatic nitrogens is 1. The van der Waals surface area contributed by atoms with E-state index in [4.69, 9.17) is 4.42 Å². The van der Waals surface area contributed by atoms with Gasteiger partial charge >= 0.3 is 0 Å². The van der Waals surface area contributed by atoms with Crippen molar-refractivity contribution in [3.05, 3.63) is 206 Å². The van der Waals surface area contributed by atoms with E-state index in [2.05, 4.69) is 210 Å². The third-order valence-corrected chi connectivity index (χ3v) is 11.0. The van der Waals surface area contributed by atoms with Gasteiger partial charge in [0.15, 0.2) is 0 Å². The Morgan fingerprint density at radius 1 is 0.382 bits per heavy atom. The standard InChI is InChI=1S/C52H34N2O/c1-2-13-35(14-3-1)36-25-29-39(30-26-36)53(48-23-12-16-37-15-4-5-17-42(37)48)40-31-27-38(28-32-40)46-33-41(34-47-45-20-8-11-24-51(45)55-52(46)47)54-49-21-9-6-18-43(49)44-19-7-10-22-50(44)54/h1-34H. The Bertz CT molecular complexity index is 3130. The van der Waals surface area contributed by atoms with Crippen LogP contribution in [0.5, 0.6) is 0 Å². The van der Waals surface area contributed by atoms with Crippen LogP contribution in [0.4, 0.5) is 17.1 Å². The molecule has 0 fully saturated rings. The SMILES string of the molecule is c1ccc(-c2ccc(N(c3ccc(-c4cc(-n5c6ccccc6c6ccccc65)cc5c4oc4ccccc45)cc3)c3cccc4ccccc34)cc2)cc1. The fourth-order valence-corrected chi connectivity index (χ4v) is 8.41. The lowest BCUT2D eigenvalue weighted by Crippen LogP contribution is -2.10. The van der Waals surface area contributed by atoms with Gasteiger partial charge in [-0.2, -0.15) is 0 Å². The minimum absolute atomic E-state index is 0.885. The number of para-hydroxylation sites is 3. The first-order valence-electron chi connectivity index (χ1n) is 18.8. The molecule has 3 nitrogen and oxygen atoms in total. The maximum Gasteiger partial charge on any atom is 0.143 e. The number of anilines is 3. The second-order valence-corrected chi connectivity index (χ2v) is 14.1. The second kappa shape index (κ2) is 12.6. The molecule has 0 atom stereocenters. The van der Waals surface area contributed by atoms with Crippen molar-refractivity contribution in [3.8, 4) is 27.9 Å². The summed E-state index contributed by atoms with van der Waals surface area (Å²) in [5.41, 5.74) is 13.1. The van der Waals surface area contributed by atoms with Gasteiger partial charge in [-0.15, -0.1) is 0 Å². The van der Waals surface area contributed by atoms with Gasteiger partial charge in [-0.1, -0.05) is 146 Å². The Balaban J connectivity index is 1.09. The topological polar surface area (TPSA) is 21.3 Å². The maximum absolute atomic E-state index is 6.68. The summed E-state index contributed by atoms with van der Waals surface area (Å²) in [6.45, 7) is 0. The van der Waals surface area contributed by atoms with E-state index in [0.717, 1.165) is 55.8 Å². The second-order valence-electron chi connectivity index (χ2n) is 14.1. The lowest BCUT2D eigenvalue weighted by molar-refractivity contribution is 0.670. The first-order valence-corrected chi connectivity index (χ1v) is 18.8. The molecule has 258 valence electrons. The van der Waals surface area contributed by atoms with Gasteiger partial charge in [0.05, 0.1) is 16.7 Å². The van der Waals surface area contributed by atoms with Gasteiger partial charge in [-0.25, -0.2) is 0 Å². The van der Waals surface area contributed by atoms with E-state index < -0.39 is 0 Å². The van der Waals surface area contributed by atoms with E-state index in [9.17, 15) is 0 Å². The summed E-state index contributed by atoms with van der Waals surface area (Å²) in [6.07, 6.45) is 0. The highest BCUT2D eigenvalue weighted by molar-refractivity contribution is 6.13. The zero-order valence-electron chi connectivity index (χ0n) is 29.9. The van der Waals surface area contributed by atoms with E-state index in [1.165, 1.54) is 43.7 Å². The molecule has 0 radical (unpaired) electrons. The summed E-state index contributed by atoms with van der Waals surface area (Å²) in [5, 5.41) is 7.10. The van der Waals surface area contributed by atoms with Gasteiger partial charge < -0.3 is 13.9 Å². The van der Waals surface area contributed by atoms with Crippen LogP contribution in [0.25, 0.3) is 82.5 Å². The van der Waals surface area contributed by atoms with Gasteiger partial charge in [0.25, 0.3) is 0 Å². The number of furan rings is 1. The first-order chi connectivity index (χ1) is 27.3. The Morgan fingerprint density at radius 2 is 0.927 bits per heavy atom. The number of hydrogen-bond acceptors (Lipinski definition) is 2. The molecule has 2 heterocycles. The van der Waals surface area contributed by atoms with Gasteiger partial charge in [-0.05, 0) is 82.7 Å². The van der Waals surface area contributed by atoms with Gasteiger partial charge in [0.2, 0.25) is 0 Å². The van der Waals surface area contributed by atoms with Crippen LogP contribution in [-0.4, -0.2) is 4.57 Å². The van der Waals surface area contributed by atoms with Gasteiger partial charge in [0, 0.05) is 49.6 Å². The number of rotatable bonds is 6. The summed E-state index contributed by atoms with van der Waals surface area (Å²) < 4.78 is 9.07. The zero-order valence-corrected chi connectivity index (χ0v) is 29.9. The van der Waals surface area contributed by atoms with Crippen molar-refractivity contribution < 1.29 is 4.42 Å². The Morgan fingerprint density at radius 3 is 1.64 bits per heavy atom. The van der Waals surface area contributed by atoms with E-state index in [0.29, 0.717) is 0 Å². The molecule has 0 bridgehead atoms. The molecule has 0 aliphatic rings. The highest BCUT2D eigenvalue weighted by Crippen LogP contribution is 2.43. The van der Waals surface area contributed by atoms with Crippen LogP contribution in [0.2, 0.25) is 0 Å². The normalized spacial score (nSPS) is 11.6. The van der Waals surface area contributed by atoms with Crippen molar-refractivity contribution >= 4 is 71.6 Å². The molecule has 0 aliphatic carbocycles. The summed E-state index contributed by atoms with van der Waals surface area (Å²) in [7, 11) is 0. The first kappa shape index (κ1) is 31.2. The highest BCUT2D eigenvalue weighted by Gasteiger charge is 2.20. The lowest BCUT2D eigenvalue weighted by Gasteiger charge is -2.27. The molecular weight excluding hydrogens is 669 g/mol. The average Bonchev–Trinajstić information content (AvgIpc) is 3.80. The van der Waals surface area contributed by atoms with E-state index in [-0.39, 0.29) is 0 Å². The summed E-state index contributed by atoms with van der Waals surface area (Å²) in [6, 6.07) is 73.9. The summed E-state index contributed by atoms with van der Waals surface area (Å²) in [5.74, 6) is 0. The smallest absolute Gasteiger partial charge is 0.143 e. The molecule has 0 unspecified atom stereocenters. The number of nitrogens with zero attached hydrogens (tertiary/aromatic N) is 2. The van der Waals surface area contributed by atoms with Crippen LogP contribution in [0.15, 0.2) is 211 Å². The molecule has 11 rings (SSSR count). The Labute approximate surface area is 318 Å². The molecule has 11 aromatic rings. The lowest BCUT2D eigenvalue weighted by atomic mass is 10.00. The predicted molar refractivity (Wildman–Crippen MR) is 231 cm³/mol. The van der Waals surface area contributed by atoms with E-state index >= 15 is 0 Å². The zero-order chi connectivity index (χ0) is 36.3. The van der Waals surface area contributed by atoms with Crippen LogP contribution >= 0.6 is 0 Å². The number of hydrogen-bond donors (Lipinski definition) is 0. The van der Waals surface area contributed by atoms with Crippen molar-refractivity contribution in [3.63, 3.8) is 0 Å². The molecule has 9 aromatic carbocycles. The van der Waals surface area contributed by atoms with Crippen molar-refractivity contribution in [1.29, 1.82) is 0 Å². The van der Waals surface area contributed by atoms with Crippen molar-refractivity contribution in [2.75, 3.05) is 4.90 Å². The quantitative estimate of drug-likeness (QED) is 0.172. The third-order valence-electron chi connectivity index (χ3n) is 11.0. The van der Waals surface area contributed by atoms with Gasteiger partial charge in [-0.3, -0.25) is 0 Å². The maximum atomic E-state index is 6.68.